The number of carbonyl (C=O) groups is 1. The Kier molecular flexibility index (Phi) is 7.04. The predicted molar refractivity (Wildman–Crippen MR) is 132 cm³/mol. The van der Waals surface area contributed by atoms with Crippen LogP contribution in [-0.2, 0) is 9.53 Å². The zero-order valence-electron chi connectivity index (χ0n) is 21.5. The number of hydrogen-bond acceptors (Lipinski definition) is 4. The summed E-state index contributed by atoms with van der Waals surface area (Å²) in [5.74, 6) is 2.16. The van der Waals surface area contributed by atoms with Gasteiger partial charge in [-0.15, -0.1) is 0 Å². The summed E-state index contributed by atoms with van der Waals surface area (Å²) >= 11 is 0. The second-order valence-corrected chi connectivity index (χ2v) is 12.5. The van der Waals surface area contributed by atoms with Crippen molar-refractivity contribution in [3.8, 4) is 0 Å². The third kappa shape index (κ3) is 4.08. The Morgan fingerprint density at radius 3 is 2.48 bits per heavy atom. The number of rotatable bonds is 7. The zero-order valence-corrected chi connectivity index (χ0v) is 21.5. The van der Waals surface area contributed by atoms with Crippen molar-refractivity contribution >= 4 is 5.78 Å². The van der Waals surface area contributed by atoms with Crippen LogP contribution in [0.15, 0.2) is 23.8 Å². The zero-order chi connectivity index (χ0) is 24.1. The van der Waals surface area contributed by atoms with Gasteiger partial charge in [0.15, 0.2) is 5.78 Å². The molecule has 0 heterocycles. The number of aliphatic hydroxyl groups excluding tert-OH is 2. The van der Waals surface area contributed by atoms with Crippen LogP contribution < -0.4 is 0 Å². The van der Waals surface area contributed by atoms with Crippen LogP contribution in [0.1, 0.15) is 79.1 Å². The monoisotopic (exact) mass is 458 g/mol. The first-order chi connectivity index (χ1) is 15.5. The number of ether oxygens (including phenoxy) is 1. The molecular weight excluding hydrogens is 412 g/mol. The van der Waals surface area contributed by atoms with Crippen molar-refractivity contribution in [2.75, 3.05) is 13.7 Å². The van der Waals surface area contributed by atoms with Crippen molar-refractivity contribution < 1.29 is 19.7 Å². The first kappa shape index (κ1) is 25.1. The van der Waals surface area contributed by atoms with Gasteiger partial charge < -0.3 is 14.9 Å². The molecule has 2 N–H and O–H groups in total. The highest BCUT2D eigenvalue weighted by Gasteiger charge is 2.61. The van der Waals surface area contributed by atoms with Crippen molar-refractivity contribution in [1.82, 2.24) is 0 Å². The smallest absolute Gasteiger partial charge is 0.161 e. The quantitative estimate of drug-likeness (QED) is 0.506. The van der Waals surface area contributed by atoms with Gasteiger partial charge in [0.2, 0.25) is 0 Å². The van der Waals surface area contributed by atoms with Crippen LogP contribution in [0.3, 0.4) is 0 Å². The highest BCUT2D eigenvalue weighted by molar-refractivity contribution is 5.95. The Hall–Kier alpha value is -0.970. The van der Waals surface area contributed by atoms with Gasteiger partial charge in [-0.25, -0.2) is 0 Å². The lowest BCUT2D eigenvalue weighted by Crippen LogP contribution is -2.58. The van der Waals surface area contributed by atoms with Gasteiger partial charge in [0.1, 0.15) is 0 Å². The van der Waals surface area contributed by atoms with E-state index < -0.39 is 18.1 Å². The minimum Gasteiger partial charge on any atom is -0.390 e. The fraction of sp³-hybridized carbons (Fsp3) is 0.828. The highest BCUT2D eigenvalue weighted by Crippen LogP contribution is 2.66. The summed E-state index contributed by atoms with van der Waals surface area (Å²) in [6.07, 6.45) is 8.59. The molecule has 0 aliphatic heterocycles. The lowest BCUT2D eigenvalue weighted by molar-refractivity contribution is -0.153. The summed E-state index contributed by atoms with van der Waals surface area (Å²) in [5, 5.41) is 21.0. The molecule has 0 aromatic heterocycles. The van der Waals surface area contributed by atoms with Crippen LogP contribution in [0, 0.1) is 46.3 Å². The number of aliphatic hydroxyl groups is 2. The summed E-state index contributed by atoms with van der Waals surface area (Å²) in [6, 6.07) is 0. The van der Waals surface area contributed by atoms with Gasteiger partial charge in [0.05, 0.1) is 24.7 Å². The summed E-state index contributed by atoms with van der Waals surface area (Å²) in [6.45, 7) is 14.4. The number of hydrogen-bond donors (Lipinski definition) is 2. The van der Waals surface area contributed by atoms with E-state index in [1.807, 2.05) is 6.08 Å². The Balaban J connectivity index is 1.51. The van der Waals surface area contributed by atoms with Crippen molar-refractivity contribution in [2.24, 2.45) is 46.3 Å². The molecule has 0 aromatic rings. The molecule has 4 aliphatic rings. The largest absolute Gasteiger partial charge is 0.390 e. The molecule has 2 unspecified atom stereocenters. The van der Waals surface area contributed by atoms with E-state index in [0.29, 0.717) is 36.0 Å². The standard InChI is InChI=1S/C29H46O4/c1-17(19(3)16-33-6)7-8-18(2)21-9-10-22-20-15-25(31)26-27(32)24(30)12-14-29(26,5)23(20)11-13-28(21,22)4/h15,18-19,21-24,26-27,30,32H,1,7-14,16H2,2-6H3/t18-,19?,21-,22+,23+,24+,26?,27-,28-,29-/m1/s1. The molecule has 3 saturated carbocycles. The van der Waals surface area contributed by atoms with Crippen LogP contribution in [0.4, 0.5) is 0 Å². The molecule has 4 heteroatoms. The van der Waals surface area contributed by atoms with Gasteiger partial charge in [0.25, 0.3) is 0 Å². The number of allylic oxidation sites excluding steroid dienone is 2. The van der Waals surface area contributed by atoms with Gasteiger partial charge >= 0.3 is 0 Å². The Bertz CT molecular complexity index is 801. The number of carbonyl (C=O) groups excluding carboxylic acids is 1. The van der Waals surface area contributed by atoms with Crippen molar-refractivity contribution in [1.29, 1.82) is 0 Å². The van der Waals surface area contributed by atoms with Gasteiger partial charge in [-0.3, -0.25) is 4.79 Å². The predicted octanol–water partition coefficient (Wildman–Crippen LogP) is 5.33. The lowest BCUT2D eigenvalue weighted by Gasteiger charge is -2.58. The molecule has 0 saturated heterocycles. The van der Waals surface area contributed by atoms with E-state index in [1.54, 1.807) is 7.11 Å². The minimum atomic E-state index is -0.924. The Morgan fingerprint density at radius 1 is 1.12 bits per heavy atom. The van der Waals surface area contributed by atoms with E-state index >= 15 is 0 Å². The maximum absolute atomic E-state index is 13.3. The van der Waals surface area contributed by atoms with Gasteiger partial charge in [-0.05, 0) is 91.9 Å². The average Bonchev–Trinajstić information content (AvgIpc) is 3.12. The van der Waals surface area contributed by atoms with Gasteiger partial charge in [-0.1, -0.05) is 45.4 Å². The fourth-order valence-electron chi connectivity index (χ4n) is 8.65. The molecule has 0 aromatic carbocycles. The molecule has 4 nitrogen and oxygen atoms in total. The number of fused-ring (bicyclic) bond motifs is 5. The molecule has 0 spiro atoms. The Morgan fingerprint density at radius 2 is 1.79 bits per heavy atom. The van der Waals surface area contributed by atoms with Crippen molar-refractivity contribution in [3.05, 3.63) is 23.8 Å². The van der Waals surface area contributed by atoms with Crippen LogP contribution in [0.5, 0.6) is 0 Å². The molecule has 3 fully saturated rings. The van der Waals surface area contributed by atoms with Crippen LogP contribution in [0.2, 0.25) is 0 Å². The molecule has 186 valence electrons. The number of methoxy groups -OCH3 is 1. The molecule has 0 amide bonds. The van der Waals surface area contributed by atoms with Crippen LogP contribution >= 0.6 is 0 Å². The van der Waals surface area contributed by atoms with Crippen molar-refractivity contribution in [2.45, 2.75) is 91.3 Å². The highest BCUT2D eigenvalue weighted by atomic mass is 16.5. The SMILES string of the molecule is C=C(CC[C@@H](C)[C@H]1CC[C@H]2C3=CC(=O)C4[C@H](O)[C@@H](O)CC[C@]4(C)[C@H]3CC[C@]12C)C(C)COC. The second kappa shape index (κ2) is 9.24. The maximum atomic E-state index is 13.3. The number of ketones is 1. The Labute approximate surface area is 200 Å². The average molecular weight is 459 g/mol. The van der Waals surface area contributed by atoms with Crippen LogP contribution in [-0.4, -0.2) is 41.9 Å². The van der Waals surface area contributed by atoms with Gasteiger partial charge in [-0.2, -0.15) is 0 Å². The molecule has 4 rings (SSSR count). The van der Waals surface area contributed by atoms with E-state index in [1.165, 1.54) is 36.8 Å². The van der Waals surface area contributed by atoms with Crippen molar-refractivity contribution in [3.63, 3.8) is 0 Å². The first-order valence-corrected chi connectivity index (χ1v) is 13.3. The third-order valence-electron chi connectivity index (χ3n) is 10.7. The maximum Gasteiger partial charge on any atom is 0.161 e. The lowest BCUT2D eigenvalue weighted by atomic mass is 9.47. The van der Waals surface area contributed by atoms with E-state index in [0.717, 1.165) is 25.9 Å². The minimum absolute atomic E-state index is 0.0548. The molecule has 10 atom stereocenters. The second-order valence-electron chi connectivity index (χ2n) is 12.5. The molecular formula is C29H46O4. The third-order valence-corrected chi connectivity index (χ3v) is 10.7. The topological polar surface area (TPSA) is 66.8 Å². The molecule has 0 bridgehead atoms. The fourth-order valence-corrected chi connectivity index (χ4v) is 8.65. The summed E-state index contributed by atoms with van der Waals surface area (Å²) in [7, 11) is 1.76. The molecule has 0 radical (unpaired) electrons. The summed E-state index contributed by atoms with van der Waals surface area (Å²) in [5.41, 5.74) is 2.70. The van der Waals surface area contributed by atoms with E-state index in [2.05, 4.69) is 34.3 Å². The first-order valence-electron chi connectivity index (χ1n) is 13.3. The molecule has 4 aliphatic carbocycles. The van der Waals surface area contributed by atoms with E-state index in [9.17, 15) is 15.0 Å². The summed E-state index contributed by atoms with van der Waals surface area (Å²) in [4.78, 5) is 13.3. The molecule has 33 heavy (non-hydrogen) atoms. The summed E-state index contributed by atoms with van der Waals surface area (Å²) < 4.78 is 5.31. The van der Waals surface area contributed by atoms with E-state index in [-0.39, 0.29) is 16.6 Å². The van der Waals surface area contributed by atoms with Crippen LogP contribution in [0.25, 0.3) is 0 Å². The van der Waals surface area contributed by atoms with E-state index in [4.69, 9.17) is 4.74 Å². The van der Waals surface area contributed by atoms with Gasteiger partial charge in [0, 0.05) is 13.0 Å². The normalized spacial score (nSPS) is 44.3.